The first kappa shape index (κ1) is 29.8. The maximum absolute atomic E-state index is 13.8. The van der Waals surface area contributed by atoms with Crippen LogP contribution in [0.15, 0.2) is 4.99 Å². The van der Waals surface area contributed by atoms with E-state index in [1.165, 1.54) is 12.8 Å². The molecule has 0 radical (unpaired) electrons. The number of unbranched alkanes of at least 4 members (excludes halogenated alkanes) is 1. The second-order valence-corrected chi connectivity index (χ2v) is 12.7. The first-order chi connectivity index (χ1) is 17.1. The largest absolute Gasteiger partial charge is 0.350 e. The highest BCUT2D eigenvalue weighted by Crippen LogP contribution is 2.38. The number of carbonyl (C=O) groups excluding carboxylic acids is 1. The van der Waals surface area contributed by atoms with Crippen LogP contribution in [-0.4, -0.2) is 97.9 Å². The third kappa shape index (κ3) is 8.11. The zero-order chi connectivity index (χ0) is 26.3. The highest BCUT2D eigenvalue weighted by Gasteiger charge is 2.39. The number of nitrogens with one attached hydrogen (secondary N) is 2. The van der Waals surface area contributed by atoms with Crippen molar-refractivity contribution in [1.29, 1.82) is 0 Å². The van der Waals surface area contributed by atoms with Crippen molar-refractivity contribution in [3.8, 4) is 0 Å². The summed E-state index contributed by atoms with van der Waals surface area (Å²) < 4.78 is 0. The molecule has 0 bridgehead atoms. The van der Waals surface area contributed by atoms with Gasteiger partial charge in [-0.3, -0.25) is 14.7 Å². The molecule has 3 rings (SSSR count). The number of aliphatic imine (C=N–C) groups is 1. The van der Waals surface area contributed by atoms with Gasteiger partial charge in [0, 0.05) is 30.9 Å². The van der Waals surface area contributed by atoms with Gasteiger partial charge in [0.05, 0.1) is 24.1 Å². The molecule has 3 aliphatic rings. The lowest BCUT2D eigenvalue weighted by Gasteiger charge is -2.45. The molecule has 8 nitrogen and oxygen atoms in total. The lowest BCUT2D eigenvalue weighted by molar-refractivity contribution is -0.125. The van der Waals surface area contributed by atoms with Gasteiger partial charge < -0.3 is 27.0 Å². The standard InChI is InChI=1S/C27H52ClN7O/c1-5-6-11-27(2)12-9-19(28)16-32-21(15-27)24(25(29)30)26(36)33-22-17-31-13-10-23(22)35-14-7-8-20(18-35)34(3)4/h19-20,22-25,31H,5-18,29-30H2,1-4H3,(H,33,36). The minimum atomic E-state index is -0.796. The van der Waals surface area contributed by atoms with Gasteiger partial charge in [0.2, 0.25) is 5.91 Å². The number of carbonyl (C=O) groups is 1. The van der Waals surface area contributed by atoms with Crippen LogP contribution in [0.5, 0.6) is 0 Å². The molecule has 1 amide bonds. The Bertz CT molecular complexity index is 733. The third-order valence-corrected chi connectivity index (χ3v) is 9.08. The van der Waals surface area contributed by atoms with Crippen LogP contribution < -0.4 is 22.1 Å². The summed E-state index contributed by atoms with van der Waals surface area (Å²) >= 11 is 6.59. The molecule has 6 N–H and O–H groups in total. The van der Waals surface area contributed by atoms with Crippen molar-refractivity contribution in [2.45, 2.75) is 101 Å². The van der Waals surface area contributed by atoms with Crippen LogP contribution in [0.25, 0.3) is 0 Å². The van der Waals surface area contributed by atoms with Crippen molar-refractivity contribution >= 4 is 23.2 Å². The number of hydrogen-bond donors (Lipinski definition) is 4. The molecule has 208 valence electrons. The van der Waals surface area contributed by atoms with E-state index >= 15 is 0 Å². The van der Waals surface area contributed by atoms with E-state index in [1.54, 1.807) is 0 Å². The summed E-state index contributed by atoms with van der Waals surface area (Å²) in [6.07, 6.45) is 8.78. The van der Waals surface area contributed by atoms with Gasteiger partial charge in [-0.2, -0.15) is 0 Å². The van der Waals surface area contributed by atoms with Gasteiger partial charge in [0.25, 0.3) is 0 Å². The molecule has 6 unspecified atom stereocenters. The SMILES string of the molecule is CCCCC1(C)CCC(Cl)CN=C(C(C(=O)NC2CNCCC2N2CCCC(N(C)C)C2)C(N)N)C1. The van der Waals surface area contributed by atoms with Crippen LogP contribution in [-0.2, 0) is 4.79 Å². The molecule has 0 aromatic rings. The number of nitrogens with two attached hydrogens (primary N) is 2. The fraction of sp³-hybridized carbons (Fsp3) is 0.926. The first-order valence-electron chi connectivity index (χ1n) is 14.2. The smallest absolute Gasteiger partial charge is 0.232 e. The number of amides is 1. The van der Waals surface area contributed by atoms with Gasteiger partial charge >= 0.3 is 0 Å². The highest BCUT2D eigenvalue weighted by atomic mass is 35.5. The molecule has 3 aliphatic heterocycles. The van der Waals surface area contributed by atoms with Gasteiger partial charge in [-0.15, -0.1) is 11.6 Å². The predicted molar refractivity (Wildman–Crippen MR) is 151 cm³/mol. The summed E-state index contributed by atoms with van der Waals surface area (Å²) in [5.74, 6) is -0.723. The van der Waals surface area contributed by atoms with E-state index in [9.17, 15) is 4.79 Å². The Morgan fingerprint density at radius 1 is 1.33 bits per heavy atom. The lowest BCUT2D eigenvalue weighted by Crippen LogP contribution is -2.64. The van der Waals surface area contributed by atoms with E-state index < -0.39 is 12.1 Å². The first-order valence-corrected chi connectivity index (χ1v) is 14.7. The van der Waals surface area contributed by atoms with Crippen molar-refractivity contribution in [2.75, 3.05) is 46.8 Å². The molecule has 0 aromatic heterocycles. The maximum Gasteiger partial charge on any atom is 0.232 e. The lowest BCUT2D eigenvalue weighted by atomic mass is 9.73. The second-order valence-electron chi connectivity index (χ2n) is 12.0. The molecule has 3 heterocycles. The van der Waals surface area contributed by atoms with Crippen LogP contribution in [0.4, 0.5) is 0 Å². The Morgan fingerprint density at radius 2 is 2.11 bits per heavy atom. The Kier molecular flexibility index (Phi) is 11.5. The van der Waals surface area contributed by atoms with Crippen LogP contribution >= 0.6 is 11.6 Å². The van der Waals surface area contributed by atoms with Gasteiger partial charge in [-0.1, -0.05) is 26.7 Å². The Hall–Kier alpha value is -0.770. The monoisotopic (exact) mass is 525 g/mol. The van der Waals surface area contributed by atoms with Crippen molar-refractivity contribution < 1.29 is 4.79 Å². The second kappa shape index (κ2) is 13.9. The molecular formula is C27H52ClN7O. The highest BCUT2D eigenvalue weighted by molar-refractivity contribution is 6.21. The summed E-state index contributed by atoms with van der Waals surface area (Å²) in [6, 6.07) is 0.896. The average Bonchev–Trinajstić information content (AvgIpc) is 2.84. The number of halogens is 1. The van der Waals surface area contributed by atoms with Crippen LogP contribution in [0.1, 0.15) is 71.6 Å². The molecule has 0 saturated carbocycles. The van der Waals surface area contributed by atoms with Crippen LogP contribution in [0.2, 0.25) is 0 Å². The van der Waals surface area contributed by atoms with E-state index in [0.717, 1.165) is 76.8 Å². The number of likely N-dealkylation sites (tertiary alicyclic amines) is 1. The van der Waals surface area contributed by atoms with Gasteiger partial charge in [-0.25, -0.2) is 0 Å². The third-order valence-electron chi connectivity index (χ3n) is 8.72. The van der Waals surface area contributed by atoms with E-state index in [1.807, 2.05) is 0 Å². The van der Waals surface area contributed by atoms with Crippen LogP contribution in [0, 0.1) is 11.3 Å². The van der Waals surface area contributed by atoms with Crippen molar-refractivity contribution in [1.82, 2.24) is 20.4 Å². The van der Waals surface area contributed by atoms with Crippen molar-refractivity contribution in [3.05, 3.63) is 0 Å². The summed E-state index contributed by atoms with van der Waals surface area (Å²) in [6.45, 7) is 8.91. The Balaban J connectivity index is 1.76. The summed E-state index contributed by atoms with van der Waals surface area (Å²) in [5.41, 5.74) is 13.5. The fourth-order valence-electron chi connectivity index (χ4n) is 6.38. The normalized spacial score (nSPS) is 33.6. The Labute approximate surface area is 224 Å². The molecular weight excluding hydrogens is 474 g/mol. The van der Waals surface area contributed by atoms with E-state index in [2.05, 4.69) is 48.4 Å². The topological polar surface area (TPSA) is 112 Å². The maximum atomic E-state index is 13.8. The zero-order valence-corrected chi connectivity index (χ0v) is 23.9. The van der Waals surface area contributed by atoms with E-state index in [4.69, 9.17) is 28.1 Å². The van der Waals surface area contributed by atoms with Gasteiger partial charge in [0.1, 0.15) is 5.92 Å². The average molecular weight is 526 g/mol. The number of hydrogen-bond acceptors (Lipinski definition) is 7. The molecule has 9 heteroatoms. The van der Waals surface area contributed by atoms with Crippen molar-refractivity contribution in [3.63, 3.8) is 0 Å². The zero-order valence-electron chi connectivity index (χ0n) is 23.1. The minimum Gasteiger partial charge on any atom is -0.350 e. The summed E-state index contributed by atoms with van der Waals surface area (Å²) in [7, 11) is 4.33. The number of nitrogens with zero attached hydrogens (tertiary/aromatic N) is 3. The number of rotatable bonds is 9. The van der Waals surface area contributed by atoms with E-state index in [0.29, 0.717) is 18.6 Å². The Morgan fingerprint density at radius 3 is 2.81 bits per heavy atom. The minimum absolute atomic E-state index is 0.0189. The van der Waals surface area contributed by atoms with Crippen LogP contribution in [0.3, 0.4) is 0 Å². The molecule has 0 aliphatic carbocycles. The van der Waals surface area contributed by atoms with Crippen molar-refractivity contribution in [2.24, 2.45) is 27.8 Å². The summed E-state index contributed by atoms with van der Waals surface area (Å²) in [5, 5.41) is 6.85. The summed E-state index contributed by atoms with van der Waals surface area (Å²) in [4.78, 5) is 23.6. The predicted octanol–water partition coefficient (Wildman–Crippen LogP) is 2.15. The fourth-order valence-corrected chi connectivity index (χ4v) is 6.55. The quantitative estimate of drug-likeness (QED) is 0.271. The number of alkyl halides is 1. The number of piperidine rings is 2. The molecule has 6 atom stereocenters. The molecule has 36 heavy (non-hydrogen) atoms. The van der Waals surface area contributed by atoms with Gasteiger partial charge in [-0.05, 0) is 77.5 Å². The van der Waals surface area contributed by atoms with E-state index in [-0.39, 0.29) is 22.7 Å². The van der Waals surface area contributed by atoms with Gasteiger partial charge in [0.15, 0.2) is 0 Å². The molecule has 0 aromatic carbocycles. The number of likely N-dealkylation sites (N-methyl/N-ethyl adjacent to an activating group) is 1. The molecule has 0 spiro atoms. The molecule has 2 fully saturated rings. The molecule has 2 saturated heterocycles.